The number of methoxy groups -OCH3 is 1. The van der Waals surface area contributed by atoms with Crippen LogP contribution in [0.15, 0.2) is 53.1 Å². The average molecular weight is 482 g/mol. The first-order valence-electron chi connectivity index (χ1n) is 10.8. The summed E-state index contributed by atoms with van der Waals surface area (Å²) in [6.45, 7) is 3.23. The van der Waals surface area contributed by atoms with E-state index >= 15 is 0 Å². The van der Waals surface area contributed by atoms with E-state index in [0.717, 1.165) is 11.3 Å². The van der Waals surface area contributed by atoms with Gasteiger partial charge < -0.3 is 29.0 Å². The largest absolute Gasteiger partial charge is 0.497 e. The summed E-state index contributed by atoms with van der Waals surface area (Å²) in [7, 11) is 2.98. The lowest BCUT2D eigenvalue weighted by molar-refractivity contribution is -0.136. The lowest BCUT2D eigenvalue weighted by atomic mass is 10.2. The van der Waals surface area contributed by atoms with Crippen molar-refractivity contribution >= 4 is 23.5 Å². The molecule has 184 valence electrons. The minimum Gasteiger partial charge on any atom is -0.497 e. The molecule has 0 unspecified atom stereocenters. The van der Waals surface area contributed by atoms with Gasteiger partial charge in [-0.05, 0) is 50.2 Å². The highest BCUT2D eigenvalue weighted by atomic mass is 16.5. The number of anilines is 1. The Morgan fingerprint density at radius 1 is 1.06 bits per heavy atom. The molecular formula is C25H27N3O7. The summed E-state index contributed by atoms with van der Waals surface area (Å²) in [6.07, 6.45) is 0. The second-order valence-corrected chi connectivity index (χ2v) is 7.72. The van der Waals surface area contributed by atoms with Crippen molar-refractivity contribution in [2.24, 2.45) is 0 Å². The lowest BCUT2D eigenvalue weighted by Crippen LogP contribution is -2.37. The summed E-state index contributed by atoms with van der Waals surface area (Å²) in [4.78, 5) is 38.0. The van der Waals surface area contributed by atoms with Crippen molar-refractivity contribution in [1.82, 2.24) is 10.1 Å². The molecule has 2 aromatic carbocycles. The highest BCUT2D eigenvalue weighted by Gasteiger charge is 2.17. The monoisotopic (exact) mass is 481 g/mol. The van der Waals surface area contributed by atoms with Crippen LogP contribution >= 0.6 is 0 Å². The van der Waals surface area contributed by atoms with E-state index in [-0.39, 0.29) is 18.7 Å². The number of carbonyl (C=O) groups is 3. The molecule has 3 aromatic rings. The van der Waals surface area contributed by atoms with Crippen LogP contribution in [0.3, 0.4) is 0 Å². The van der Waals surface area contributed by atoms with Crippen molar-refractivity contribution in [1.29, 1.82) is 0 Å². The van der Waals surface area contributed by atoms with Crippen molar-refractivity contribution < 1.29 is 33.1 Å². The van der Waals surface area contributed by atoms with Gasteiger partial charge in [-0.25, -0.2) is 4.79 Å². The van der Waals surface area contributed by atoms with Gasteiger partial charge in [0, 0.05) is 18.8 Å². The van der Waals surface area contributed by atoms with Crippen molar-refractivity contribution in [2.75, 3.05) is 32.6 Å². The van der Waals surface area contributed by atoms with E-state index in [1.54, 1.807) is 48.5 Å². The summed E-state index contributed by atoms with van der Waals surface area (Å²) in [5.74, 6) is 0.268. The van der Waals surface area contributed by atoms with E-state index in [1.165, 1.54) is 19.1 Å². The number of benzene rings is 2. The average Bonchev–Trinajstić information content (AvgIpc) is 3.18. The number of hydrogen-bond donors (Lipinski definition) is 1. The molecule has 0 saturated carbocycles. The number of esters is 1. The van der Waals surface area contributed by atoms with Crippen molar-refractivity contribution in [2.45, 2.75) is 20.5 Å². The van der Waals surface area contributed by atoms with Crippen LogP contribution in [0.4, 0.5) is 5.69 Å². The van der Waals surface area contributed by atoms with Crippen LogP contribution in [0.1, 0.15) is 27.4 Å². The first kappa shape index (κ1) is 25.3. The topological polar surface area (TPSA) is 120 Å². The molecule has 0 saturated heterocycles. The van der Waals surface area contributed by atoms with Gasteiger partial charge in [0.05, 0.1) is 30.5 Å². The number of ether oxygens (including phenoxy) is 3. The summed E-state index contributed by atoms with van der Waals surface area (Å²) < 4.78 is 21.0. The highest BCUT2D eigenvalue weighted by Crippen LogP contribution is 2.19. The van der Waals surface area contributed by atoms with Gasteiger partial charge in [-0.1, -0.05) is 11.2 Å². The van der Waals surface area contributed by atoms with Gasteiger partial charge >= 0.3 is 5.97 Å². The molecule has 1 heterocycles. The molecule has 1 N–H and O–H groups in total. The van der Waals surface area contributed by atoms with Crippen molar-refractivity contribution in [3.8, 4) is 11.5 Å². The Kier molecular flexibility index (Phi) is 8.44. The van der Waals surface area contributed by atoms with Crippen molar-refractivity contribution in [3.05, 3.63) is 71.1 Å². The molecule has 35 heavy (non-hydrogen) atoms. The molecule has 0 radical (unpaired) electrons. The fourth-order valence-electron chi connectivity index (χ4n) is 3.08. The van der Waals surface area contributed by atoms with Crippen LogP contribution in [-0.4, -0.2) is 55.1 Å². The molecule has 10 heteroatoms. The number of likely N-dealkylation sites (N-methyl/N-ethyl adjacent to an activating group) is 1. The third kappa shape index (κ3) is 7.07. The Hall–Kier alpha value is -4.34. The quantitative estimate of drug-likeness (QED) is 0.439. The number of aromatic nitrogens is 1. The van der Waals surface area contributed by atoms with Crippen LogP contribution in [0.5, 0.6) is 11.5 Å². The number of nitrogens with zero attached hydrogens (tertiary/aromatic N) is 2. The smallest absolute Gasteiger partial charge is 0.338 e. The number of rotatable bonds is 10. The maximum absolute atomic E-state index is 12.3. The number of aryl methyl sites for hydroxylation is 2. The minimum absolute atomic E-state index is 0.204. The van der Waals surface area contributed by atoms with E-state index in [9.17, 15) is 14.4 Å². The van der Waals surface area contributed by atoms with Crippen molar-refractivity contribution in [3.63, 3.8) is 0 Å². The lowest BCUT2D eigenvalue weighted by Gasteiger charge is -2.17. The summed E-state index contributed by atoms with van der Waals surface area (Å²) >= 11 is 0. The number of amides is 2. The van der Waals surface area contributed by atoms with Gasteiger partial charge in [0.25, 0.3) is 5.91 Å². The Balaban J connectivity index is 1.44. The van der Waals surface area contributed by atoms with Gasteiger partial charge in [-0.2, -0.15) is 0 Å². The van der Waals surface area contributed by atoms with Crippen LogP contribution in [0.2, 0.25) is 0 Å². The standard InChI is InChI=1S/C25H27N3O7/c1-16-22(17(2)35-27-16)14-33-20-10-8-18(9-11-20)25(31)34-15-24(30)28(3)13-23(29)26-19-6-5-7-21(12-19)32-4/h5-12H,13-15H2,1-4H3,(H,26,29). The van der Waals surface area contributed by atoms with E-state index in [4.69, 9.17) is 18.7 Å². The highest BCUT2D eigenvalue weighted by molar-refractivity contribution is 5.95. The molecule has 0 fully saturated rings. The third-order valence-electron chi connectivity index (χ3n) is 5.14. The van der Waals surface area contributed by atoms with E-state index in [0.29, 0.717) is 22.9 Å². The zero-order valence-corrected chi connectivity index (χ0v) is 20.0. The van der Waals surface area contributed by atoms with Gasteiger partial charge in [0.1, 0.15) is 23.9 Å². The Labute approximate surface area is 202 Å². The molecule has 2 amide bonds. The first-order valence-corrected chi connectivity index (χ1v) is 10.8. The van der Waals surface area contributed by atoms with E-state index in [2.05, 4.69) is 10.5 Å². The van der Waals surface area contributed by atoms with Crippen LogP contribution in [-0.2, 0) is 20.9 Å². The summed E-state index contributed by atoms with van der Waals surface area (Å²) in [5, 5.41) is 6.56. The maximum Gasteiger partial charge on any atom is 0.338 e. The molecule has 0 aliphatic heterocycles. The SMILES string of the molecule is COc1cccc(NC(=O)CN(C)C(=O)COC(=O)c2ccc(OCc3c(C)noc3C)cc2)c1. The van der Waals surface area contributed by atoms with E-state index < -0.39 is 24.4 Å². The Morgan fingerprint density at radius 2 is 1.80 bits per heavy atom. The summed E-state index contributed by atoms with van der Waals surface area (Å²) in [5.41, 5.74) is 2.44. The van der Waals surface area contributed by atoms with Crippen LogP contribution in [0, 0.1) is 13.8 Å². The molecule has 3 rings (SSSR count). The van der Waals surface area contributed by atoms with Gasteiger partial charge in [0.15, 0.2) is 6.61 Å². The maximum atomic E-state index is 12.3. The van der Waals surface area contributed by atoms with Crippen LogP contribution < -0.4 is 14.8 Å². The normalized spacial score (nSPS) is 10.4. The fourth-order valence-corrected chi connectivity index (χ4v) is 3.08. The number of carbonyl (C=O) groups excluding carboxylic acids is 3. The second-order valence-electron chi connectivity index (χ2n) is 7.72. The molecule has 0 aliphatic carbocycles. The molecular weight excluding hydrogens is 454 g/mol. The molecule has 0 bridgehead atoms. The van der Waals surface area contributed by atoms with Gasteiger partial charge in [0.2, 0.25) is 5.91 Å². The minimum atomic E-state index is -0.662. The third-order valence-corrected chi connectivity index (χ3v) is 5.14. The summed E-state index contributed by atoms with van der Waals surface area (Å²) in [6, 6.07) is 13.2. The number of nitrogens with one attached hydrogen (secondary N) is 1. The molecule has 10 nitrogen and oxygen atoms in total. The second kappa shape index (κ2) is 11.7. The predicted octanol–water partition coefficient (Wildman–Crippen LogP) is 3.13. The zero-order valence-electron chi connectivity index (χ0n) is 20.0. The number of hydrogen-bond acceptors (Lipinski definition) is 8. The Morgan fingerprint density at radius 3 is 2.46 bits per heavy atom. The molecule has 0 aliphatic rings. The van der Waals surface area contributed by atoms with Gasteiger partial charge in [-0.3, -0.25) is 9.59 Å². The van der Waals surface area contributed by atoms with Crippen LogP contribution in [0.25, 0.3) is 0 Å². The molecule has 0 spiro atoms. The Bertz CT molecular complexity index is 1170. The van der Waals surface area contributed by atoms with E-state index in [1.807, 2.05) is 13.8 Å². The fraction of sp³-hybridized carbons (Fsp3) is 0.280. The van der Waals surface area contributed by atoms with Gasteiger partial charge in [-0.15, -0.1) is 0 Å². The first-order chi connectivity index (χ1) is 16.8. The predicted molar refractivity (Wildman–Crippen MR) is 126 cm³/mol. The zero-order chi connectivity index (χ0) is 25.4. The molecule has 1 aromatic heterocycles. The molecule has 0 atom stereocenters.